The van der Waals surface area contributed by atoms with E-state index in [9.17, 15) is 9.59 Å². The van der Waals surface area contributed by atoms with E-state index in [0.29, 0.717) is 30.2 Å². The Balaban J connectivity index is 1.41. The number of aromatic nitrogens is 3. The van der Waals surface area contributed by atoms with E-state index in [-0.39, 0.29) is 18.4 Å². The standard InChI is InChI=1S/C23H26N6O2/c1-2-20-24-10-12-28(20)11-6-9-25-23(31)18-13-19-22(26-14-18)27-15-21(30)29(19)16-17-7-4-3-5-8-17/h3-5,7-8,10,12-14H,2,6,9,11,15-16H2,1H3,(H,25,31)(H,26,27). The van der Waals surface area contributed by atoms with E-state index in [2.05, 4.69) is 32.1 Å². The number of benzene rings is 1. The predicted molar refractivity (Wildman–Crippen MR) is 119 cm³/mol. The van der Waals surface area contributed by atoms with E-state index >= 15 is 0 Å². The molecule has 1 aromatic carbocycles. The summed E-state index contributed by atoms with van der Waals surface area (Å²) < 4.78 is 2.10. The third-order valence-electron chi connectivity index (χ3n) is 5.29. The van der Waals surface area contributed by atoms with Gasteiger partial charge in [0.15, 0.2) is 5.82 Å². The highest BCUT2D eigenvalue weighted by molar-refractivity contribution is 6.04. The number of carbonyl (C=O) groups is 2. The van der Waals surface area contributed by atoms with Crippen LogP contribution in [0, 0.1) is 0 Å². The summed E-state index contributed by atoms with van der Waals surface area (Å²) in [4.78, 5) is 35.6. The van der Waals surface area contributed by atoms with E-state index in [1.54, 1.807) is 23.4 Å². The topological polar surface area (TPSA) is 92.2 Å². The van der Waals surface area contributed by atoms with E-state index < -0.39 is 0 Å². The van der Waals surface area contributed by atoms with Crippen molar-refractivity contribution in [2.24, 2.45) is 0 Å². The zero-order valence-corrected chi connectivity index (χ0v) is 17.5. The van der Waals surface area contributed by atoms with Crippen LogP contribution in [0.5, 0.6) is 0 Å². The fourth-order valence-electron chi connectivity index (χ4n) is 3.66. The molecule has 1 aliphatic rings. The van der Waals surface area contributed by atoms with E-state index in [1.807, 2.05) is 36.5 Å². The number of aryl methyl sites for hydroxylation is 2. The summed E-state index contributed by atoms with van der Waals surface area (Å²) in [6.07, 6.45) is 6.98. The van der Waals surface area contributed by atoms with Gasteiger partial charge in [0.2, 0.25) is 5.91 Å². The minimum absolute atomic E-state index is 0.0530. The highest BCUT2D eigenvalue weighted by Gasteiger charge is 2.26. The molecule has 8 heteroatoms. The molecule has 0 spiro atoms. The summed E-state index contributed by atoms with van der Waals surface area (Å²) in [6.45, 7) is 4.04. The first-order valence-corrected chi connectivity index (χ1v) is 10.5. The summed E-state index contributed by atoms with van der Waals surface area (Å²) in [5.74, 6) is 1.40. The number of nitrogens with one attached hydrogen (secondary N) is 2. The average molecular weight is 419 g/mol. The van der Waals surface area contributed by atoms with Gasteiger partial charge in [-0.25, -0.2) is 9.97 Å². The number of amides is 2. The van der Waals surface area contributed by atoms with Crippen LogP contribution in [0.15, 0.2) is 55.0 Å². The first-order valence-electron chi connectivity index (χ1n) is 10.5. The number of rotatable bonds is 8. The van der Waals surface area contributed by atoms with Crippen molar-refractivity contribution in [1.82, 2.24) is 19.9 Å². The Morgan fingerprint density at radius 2 is 2.06 bits per heavy atom. The van der Waals surface area contributed by atoms with E-state index in [4.69, 9.17) is 0 Å². The van der Waals surface area contributed by atoms with Crippen molar-refractivity contribution in [2.75, 3.05) is 23.3 Å². The number of hydrogen-bond donors (Lipinski definition) is 2. The number of hydrogen-bond acceptors (Lipinski definition) is 5. The number of anilines is 2. The second-order valence-corrected chi connectivity index (χ2v) is 7.41. The highest BCUT2D eigenvalue weighted by atomic mass is 16.2. The Morgan fingerprint density at radius 1 is 1.23 bits per heavy atom. The monoisotopic (exact) mass is 418 g/mol. The zero-order chi connectivity index (χ0) is 21.6. The molecular weight excluding hydrogens is 392 g/mol. The highest BCUT2D eigenvalue weighted by Crippen LogP contribution is 2.29. The van der Waals surface area contributed by atoms with Gasteiger partial charge in [-0.15, -0.1) is 0 Å². The minimum Gasteiger partial charge on any atom is -0.359 e. The fourth-order valence-corrected chi connectivity index (χ4v) is 3.66. The van der Waals surface area contributed by atoms with Crippen LogP contribution in [0.1, 0.15) is 35.1 Å². The van der Waals surface area contributed by atoms with Gasteiger partial charge in [-0.1, -0.05) is 37.3 Å². The molecular formula is C23H26N6O2. The number of imidazole rings is 1. The van der Waals surface area contributed by atoms with Crippen LogP contribution in [0.3, 0.4) is 0 Å². The van der Waals surface area contributed by atoms with Crippen molar-refractivity contribution in [1.29, 1.82) is 0 Å². The van der Waals surface area contributed by atoms with Crippen molar-refractivity contribution in [2.45, 2.75) is 32.9 Å². The van der Waals surface area contributed by atoms with Gasteiger partial charge in [0.25, 0.3) is 5.91 Å². The quantitative estimate of drug-likeness (QED) is 0.549. The van der Waals surface area contributed by atoms with Crippen molar-refractivity contribution < 1.29 is 9.59 Å². The van der Waals surface area contributed by atoms with Gasteiger partial charge in [-0.05, 0) is 18.1 Å². The lowest BCUT2D eigenvalue weighted by Crippen LogP contribution is -2.40. The Hall–Kier alpha value is -3.68. The molecule has 0 saturated heterocycles. The minimum atomic E-state index is -0.200. The van der Waals surface area contributed by atoms with Crippen molar-refractivity contribution >= 4 is 23.3 Å². The van der Waals surface area contributed by atoms with Crippen LogP contribution in [-0.2, 0) is 24.3 Å². The van der Waals surface area contributed by atoms with Crippen LogP contribution in [0.4, 0.5) is 11.5 Å². The van der Waals surface area contributed by atoms with Crippen molar-refractivity contribution in [3.05, 3.63) is 71.9 Å². The second kappa shape index (κ2) is 9.42. The third-order valence-corrected chi connectivity index (χ3v) is 5.29. The van der Waals surface area contributed by atoms with Crippen molar-refractivity contribution in [3.8, 4) is 0 Å². The predicted octanol–water partition coefficient (Wildman–Crippen LogP) is 2.62. The molecule has 0 radical (unpaired) electrons. The molecule has 160 valence electrons. The van der Waals surface area contributed by atoms with Gasteiger partial charge in [0, 0.05) is 38.1 Å². The molecule has 31 heavy (non-hydrogen) atoms. The summed E-state index contributed by atoms with van der Waals surface area (Å²) in [5.41, 5.74) is 2.08. The normalized spacial score (nSPS) is 12.9. The molecule has 2 N–H and O–H groups in total. The molecule has 1 aliphatic heterocycles. The molecule has 0 saturated carbocycles. The number of fused-ring (bicyclic) bond motifs is 1. The van der Waals surface area contributed by atoms with Gasteiger partial charge in [-0.3, -0.25) is 9.59 Å². The largest absolute Gasteiger partial charge is 0.359 e. The number of pyridine rings is 1. The lowest BCUT2D eigenvalue weighted by atomic mass is 10.1. The molecule has 4 rings (SSSR count). The third kappa shape index (κ3) is 4.74. The first kappa shape index (κ1) is 20.6. The molecule has 2 amide bonds. The van der Waals surface area contributed by atoms with Gasteiger partial charge in [0.05, 0.1) is 24.3 Å². The van der Waals surface area contributed by atoms with Crippen molar-refractivity contribution in [3.63, 3.8) is 0 Å². The van der Waals surface area contributed by atoms with Crippen LogP contribution >= 0.6 is 0 Å². The first-order chi connectivity index (χ1) is 15.2. The molecule has 2 aromatic heterocycles. The Morgan fingerprint density at radius 3 is 2.87 bits per heavy atom. The molecule has 0 bridgehead atoms. The lowest BCUT2D eigenvalue weighted by molar-refractivity contribution is -0.117. The van der Waals surface area contributed by atoms with Gasteiger partial charge in [0.1, 0.15) is 5.82 Å². The maximum atomic E-state index is 12.7. The fraction of sp³-hybridized carbons (Fsp3) is 0.304. The number of nitrogens with zero attached hydrogens (tertiary/aromatic N) is 4. The van der Waals surface area contributed by atoms with Gasteiger partial charge in [-0.2, -0.15) is 0 Å². The van der Waals surface area contributed by atoms with Crippen LogP contribution in [0.2, 0.25) is 0 Å². The van der Waals surface area contributed by atoms with Crippen LogP contribution in [-0.4, -0.2) is 39.4 Å². The Bertz CT molecular complexity index is 1060. The summed E-state index contributed by atoms with van der Waals surface area (Å²) in [7, 11) is 0. The summed E-state index contributed by atoms with van der Waals surface area (Å²) in [5, 5.41) is 5.98. The maximum absolute atomic E-state index is 12.7. The summed E-state index contributed by atoms with van der Waals surface area (Å²) >= 11 is 0. The SMILES string of the molecule is CCc1nccn1CCCNC(=O)c1cnc2c(c1)N(Cc1ccccc1)C(=O)CN2. The van der Waals surface area contributed by atoms with E-state index in [1.165, 1.54) is 0 Å². The van der Waals surface area contributed by atoms with E-state index in [0.717, 1.165) is 30.8 Å². The second-order valence-electron chi connectivity index (χ2n) is 7.41. The molecule has 8 nitrogen and oxygen atoms in total. The average Bonchev–Trinajstić information content (AvgIpc) is 3.26. The van der Waals surface area contributed by atoms with Gasteiger partial charge >= 0.3 is 0 Å². The number of carbonyl (C=O) groups excluding carboxylic acids is 2. The lowest BCUT2D eigenvalue weighted by Gasteiger charge is -2.29. The summed E-state index contributed by atoms with van der Waals surface area (Å²) in [6, 6.07) is 11.5. The zero-order valence-electron chi connectivity index (χ0n) is 17.5. The molecule has 0 aliphatic carbocycles. The Labute approximate surface area is 181 Å². The molecule has 0 unspecified atom stereocenters. The van der Waals surface area contributed by atoms with Crippen LogP contribution in [0.25, 0.3) is 0 Å². The van der Waals surface area contributed by atoms with Crippen LogP contribution < -0.4 is 15.5 Å². The Kier molecular flexibility index (Phi) is 6.26. The molecule has 0 fully saturated rings. The maximum Gasteiger partial charge on any atom is 0.252 e. The molecule has 3 heterocycles. The molecule has 3 aromatic rings. The molecule has 0 atom stereocenters. The van der Waals surface area contributed by atoms with Gasteiger partial charge < -0.3 is 20.1 Å². The smallest absolute Gasteiger partial charge is 0.252 e.